The predicted octanol–water partition coefficient (Wildman–Crippen LogP) is 5.30. The van der Waals surface area contributed by atoms with Crippen molar-refractivity contribution in [2.75, 3.05) is 7.11 Å². The Kier molecular flexibility index (Phi) is 8.43. The number of ether oxygens (including phenoxy) is 1. The van der Waals surface area contributed by atoms with E-state index in [4.69, 9.17) is 4.74 Å². The van der Waals surface area contributed by atoms with Gasteiger partial charge in [-0.25, -0.2) is 0 Å². The first-order chi connectivity index (χ1) is 12.6. The minimum Gasteiger partial charge on any atom is -0.468 e. The van der Waals surface area contributed by atoms with Crippen LogP contribution in [0.5, 0.6) is 0 Å². The molecule has 26 heavy (non-hydrogen) atoms. The molecule has 1 aromatic carbocycles. The van der Waals surface area contributed by atoms with Gasteiger partial charge in [-0.2, -0.15) is 0 Å². The number of carbonyl (C=O) groups is 2. The van der Waals surface area contributed by atoms with Gasteiger partial charge in [0.1, 0.15) is 11.7 Å². The maximum absolute atomic E-state index is 12.3. The zero-order chi connectivity index (χ0) is 18.9. The highest BCUT2D eigenvalue weighted by atomic mass is 32.2. The Hall–Kier alpha value is -1.55. The monoisotopic (exact) mass is 374 g/mol. The van der Waals surface area contributed by atoms with E-state index in [1.807, 2.05) is 18.2 Å². The number of unbranched alkanes of at least 4 members (excludes halogenated alkanes) is 1. The normalized spacial score (nSPS) is 22.5. The summed E-state index contributed by atoms with van der Waals surface area (Å²) in [6.45, 7) is 4.43. The highest BCUT2D eigenvalue weighted by Gasteiger charge is 2.44. The molecule has 0 radical (unpaired) electrons. The lowest BCUT2D eigenvalue weighted by Crippen LogP contribution is -2.31. The number of methoxy groups -OCH3 is 1. The van der Waals surface area contributed by atoms with Gasteiger partial charge < -0.3 is 4.74 Å². The van der Waals surface area contributed by atoms with Crippen molar-refractivity contribution in [2.45, 2.75) is 56.1 Å². The minimum atomic E-state index is -0.628. The maximum atomic E-state index is 12.3. The van der Waals surface area contributed by atoms with Crippen molar-refractivity contribution in [3.05, 3.63) is 42.5 Å². The molecule has 0 spiro atoms. The predicted molar refractivity (Wildman–Crippen MR) is 107 cm³/mol. The molecular formula is C22H30O3S. The van der Waals surface area contributed by atoms with E-state index in [9.17, 15) is 9.59 Å². The zero-order valence-electron chi connectivity index (χ0n) is 16.0. The van der Waals surface area contributed by atoms with Gasteiger partial charge in [0, 0.05) is 16.6 Å². The molecule has 1 aliphatic carbocycles. The zero-order valence-corrected chi connectivity index (χ0v) is 16.8. The standard InChI is InChI=1S/C22H30O3S/c1-4-5-9-16(2)12-15-20(26-17-10-7-6-8-11-17)18-13-14-19(23)21(18)22(24)25-3/h6-8,10-12,15-16,18,20-21H,4-5,9,13-14H2,1-3H3/b15-12+. The number of allylic oxidation sites excluding steroid dienone is 1. The van der Waals surface area contributed by atoms with E-state index in [2.05, 4.69) is 38.1 Å². The van der Waals surface area contributed by atoms with E-state index in [1.165, 1.54) is 26.4 Å². The Labute approximate surface area is 161 Å². The highest BCUT2D eigenvalue weighted by molar-refractivity contribution is 8.00. The molecule has 4 atom stereocenters. The van der Waals surface area contributed by atoms with Gasteiger partial charge in [0.15, 0.2) is 0 Å². The first kappa shape index (κ1) is 20.8. The van der Waals surface area contributed by atoms with Crippen molar-refractivity contribution in [1.82, 2.24) is 0 Å². The van der Waals surface area contributed by atoms with E-state index in [1.54, 1.807) is 11.8 Å². The van der Waals surface area contributed by atoms with Crippen molar-refractivity contribution >= 4 is 23.5 Å². The van der Waals surface area contributed by atoms with Gasteiger partial charge in [-0.1, -0.05) is 57.0 Å². The second kappa shape index (κ2) is 10.6. The highest BCUT2D eigenvalue weighted by Crippen LogP contribution is 2.41. The van der Waals surface area contributed by atoms with Crippen LogP contribution in [-0.4, -0.2) is 24.1 Å². The second-order valence-corrected chi connectivity index (χ2v) is 8.32. The topological polar surface area (TPSA) is 43.4 Å². The molecule has 1 saturated carbocycles. The summed E-state index contributed by atoms with van der Waals surface area (Å²) in [6, 6.07) is 10.2. The van der Waals surface area contributed by atoms with Crippen molar-refractivity contribution in [3.63, 3.8) is 0 Å². The molecule has 0 bridgehead atoms. The maximum Gasteiger partial charge on any atom is 0.316 e. The van der Waals surface area contributed by atoms with Crippen LogP contribution in [0.15, 0.2) is 47.4 Å². The quantitative estimate of drug-likeness (QED) is 0.255. The number of Topliss-reactive ketones (excluding diaryl/α,β-unsaturated/α-hetero) is 1. The summed E-state index contributed by atoms with van der Waals surface area (Å²) in [5, 5.41) is 0.0945. The third-order valence-electron chi connectivity index (χ3n) is 5.03. The van der Waals surface area contributed by atoms with Crippen molar-refractivity contribution in [1.29, 1.82) is 0 Å². The molecule has 1 fully saturated rings. The summed E-state index contributed by atoms with van der Waals surface area (Å²) in [5.74, 6) is -0.495. The van der Waals surface area contributed by atoms with Crippen molar-refractivity contribution in [3.8, 4) is 0 Å². The van der Waals surface area contributed by atoms with Gasteiger partial charge in [0.2, 0.25) is 0 Å². The van der Waals surface area contributed by atoms with E-state index < -0.39 is 5.92 Å². The molecule has 3 nitrogen and oxygen atoms in total. The summed E-state index contributed by atoms with van der Waals surface area (Å²) >= 11 is 1.74. The van der Waals surface area contributed by atoms with Crippen LogP contribution in [-0.2, 0) is 14.3 Å². The minimum absolute atomic E-state index is 0.00483. The van der Waals surface area contributed by atoms with Gasteiger partial charge in [0.25, 0.3) is 0 Å². The molecule has 4 heteroatoms. The van der Waals surface area contributed by atoms with E-state index in [-0.39, 0.29) is 22.9 Å². The Morgan fingerprint density at radius 3 is 2.69 bits per heavy atom. The van der Waals surface area contributed by atoms with Gasteiger partial charge >= 0.3 is 5.97 Å². The molecule has 0 amide bonds. The van der Waals surface area contributed by atoms with Crippen LogP contribution >= 0.6 is 11.8 Å². The van der Waals surface area contributed by atoms with Gasteiger partial charge in [-0.3, -0.25) is 9.59 Å². The fraction of sp³-hybridized carbons (Fsp3) is 0.545. The molecule has 0 aromatic heterocycles. The van der Waals surface area contributed by atoms with Crippen LogP contribution in [0.2, 0.25) is 0 Å². The summed E-state index contributed by atoms with van der Waals surface area (Å²) in [7, 11) is 1.37. The number of rotatable bonds is 9. The average molecular weight is 375 g/mol. The molecule has 1 aromatic rings. The van der Waals surface area contributed by atoms with Crippen LogP contribution in [0.1, 0.15) is 46.0 Å². The van der Waals surface area contributed by atoms with Gasteiger partial charge in [0.05, 0.1) is 7.11 Å². The number of benzene rings is 1. The first-order valence-corrected chi connectivity index (χ1v) is 10.4. The van der Waals surface area contributed by atoms with Crippen LogP contribution < -0.4 is 0 Å². The Morgan fingerprint density at radius 2 is 2.04 bits per heavy atom. The lowest BCUT2D eigenvalue weighted by atomic mass is 9.91. The molecule has 1 aliphatic rings. The summed E-state index contributed by atoms with van der Waals surface area (Å²) in [4.78, 5) is 25.6. The summed E-state index contributed by atoms with van der Waals surface area (Å²) < 4.78 is 4.92. The second-order valence-electron chi connectivity index (χ2n) is 7.07. The molecule has 142 valence electrons. The number of carbonyl (C=O) groups excluding carboxylic acids is 2. The van der Waals surface area contributed by atoms with Crippen LogP contribution in [0, 0.1) is 17.8 Å². The SMILES string of the molecule is CCCCC(C)/C=C/C(Sc1ccccc1)C1CCC(=O)C1C(=O)OC. The van der Waals surface area contributed by atoms with Crippen molar-refractivity contribution < 1.29 is 14.3 Å². The number of ketones is 1. The number of hydrogen-bond acceptors (Lipinski definition) is 4. The molecule has 0 N–H and O–H groups in total. The average Bonchev–Trinajstić information content (AvgIpc) is 3.05. The lowest BCUT2D eigenvalue weighted by molar-refractivity contribution is -0.149. The van der Waals surface area contributed by atoms with Gasteiger partial charge in [-0.15, -0.1) is 11.8 Å². The Balaban J connectivity index is 2.20. The molecular weight excluding hydrogens is 344 g/mol. The third kappa shape index (κ3) is 5.73. The van der Waals surface area contributed by atoms with Gasteiger partial charge in [-0.05, 0) is 36.8 Å². The third-order valence-corrected chi connectivity index (χ3v) is 6.36. The molecule has 0 saturated heterocycles. The van der Waals surface area contributed by atoms with E-state index in [0.717, 1.165) is 11.3 Å². The van der Waals surface area contributed by atoms with E-state index >= 15 is 0 Å². The summed E-state index contributed by atoms with van der Waals surface area (Å²) in [6.07, 6.45) is 9.27. The smallest absolute Gasteiger partial charge is 0.316 e. The molecule has 2 rings (SSSR count). The molecule has 0 aliphatic heterocycles. The first-order valence-electron chi connectivity index (χ1n) is 9.57. The Morgan fingerprint density at radius 1 is 1.31 bits per heavy atom. The Bertz CT molecular complexity index is 611. The van der Waals surface area contributed by atoms with Crippen LogP contribution in [0.3, 0.4) is 0 Å². The fourth-order valence-electron chi connectivity index (χ4n) is 3.50. The fourth-order valence-corrected chi connectivity index (χ4v) is 4.77. The number of thioether (sulfide) groups is 1. The number of esters is 1. The molecule has 0 heterocycles. The number of hydrogen-bond donors (Lipinski definition) is 0. The lowest BCUT2D eigenvalue weighted by Gasteiger charge is -2.24. The largest absolute Gasteiger partial charge is 0.468 e. The van der Waals surface area contributed by atoms with E-state index in [0.29, 0.717) is 12.3 Å². The van der Waals surface area contributed by atoms with Crippen LogP contribution in [0.4, 0.5) is 0 Å². The summed E-state index contributed by atoms with van der Waals surface area (Å²) in [5.41, 5.74) is 0. The molecule has 4 unspecified atom stereocenters. The van der Waals surface area contributed by atoms with Crippen molar-refractivity contribution in [2.24, 2.45) is 17.8 Å². The van der Waals surface area contributed by atoms with Crippen LogP contribution in [0.25, 0.3) is 0 Å².